The summed E-state index contributed by atoms with van der Waals surface area (Å²) in [5.41, 5.74) is 3.16. The molecule has 0 spiro atoms. The highest BCUT2D eigenvalue weighted by atomic mass is 79.9. The molecular formula is C17H17BrN2O4. The lowest BCUT2D eigenvalue weighted by Gasteiger charge is -2.10. The van der Waals surface area contributed by atoms with Crippen LogP contribution in [0.5, 0.6) is 17.2 Å². The maximum Gasteiger partial charge on any atom is 0.277 e. The van der Waals surface area contributed by atoms with Gasteiger partial charge in [-0.25, -0.2) is 5.43 Å². The minimum Gasteiger partial charge on any atom is -0.496 e. The first-order valence-electron chi connectivity index (χ1n) is 7.05. The van der Waals surface area contributed by atoms with Crippen molar-refractivity contribution in [1.82, 2.24) is 5.43 Å². The van der Waals surface area contributed by atoms with Gasteiger partial charge in [0.25, 0.3) is 5.91 Å². The Bertz CT molecular complexity index is 734. The molecule has 2 aromatic rings. The molecule has 24 heavy (non-hydrogen) atoms. The Morgan fingerprint density at radius 3 is 2.62 bits per heavy atom. The Morgan fingerprint density at radius 1 is 1.12 bits per heavy atom. The Labute approximate surface area is 148 Å². The van der Waals surface area contributed by atoms with Crippen LogP contribution in [-0.4, -0.2) is 32.9 Å². The third-order valence-electron chi connectivity index (χ3n) is 3.02. The van der Waals surface area contributed by atoms with Gasteiger partial charge in [-0.05, 0) is 30.3 Å². The van der Waals surface area contributed by atoms with Crippen LogP contribution in [-0.2, 0) is 4.79 Å². The number of hydrazone groups is 1. The fourth-order valence-electron chi connectivity index (χ4n) is 1.88. The molecule has 0 atom stereocenters. The van der Waals surface area contributed by atoms with Crippen LogP contribution in [0.3, 0.4) is 0 Å². The molecule has 6 nitrogen and oxygen atoms in total. The zero-order valence-electron chi connectivity index (χ0n) is 13.3. The molecule has 0 heterocycles. The molecule has 0 saturated carbocycles. The number of amides is 1. The summed E-state index contributed by atoms with van der Waals surface area (Å²) < 4.78 is 16.7. The van der Waals surface area contributed by atoms with Crippen LogP contribution >= 0.6 is 15.9 Å². The molecule has 1 amide bonds. The molecule has 0 bridgehead atoms. The highest BCUT2D eigenvalue weighted by Crippen LogP contribution is 2.30. The van der Waals surface area contributed by atoms with Crippen molar-refractivity contribution in [2.24, 2.45) is 5.10 Å². The van der Waals surface area contributed by atoms with E-state index in [0.717, 1.165) is 10.0 Å². The lowest BCUT2D eigenvalue weighted by atomic mass is 10.2. The predicted octanol–water partition coefficient (Wildman–Crippen LogP) is 3.00. The Morgan fingerprint density at radius 2 is 1.88 bits per heavy atom. The second-order valence-electron chi connectivity index (χ2n) is 4.62. The Kier molecular flexibility index (Phi) is 6.62. The van der Waals surface area contributed by atoms with Gasteiger partial charge in [-0.15, -0.1) is 0 Å². The monoisotopic (exact) mass is 392 g/mol. The normalized spacial score (nSPS) is 10.5. The summed E-state index contributed by atoms with van der Waals surface area (Å²) in [5, 5.41) is 3.90. The third kappa shape index (κ3) is 4.99. The van der Waals surface area contributed by atoms with E-state index < -0.39 is 0 Å². The molecule has 1 N–H and O–H groups in total. The third-order valence-corrected chi connectivity index (χ3v) is 3.51. The van der Waals surface area contributed by atoms with Crippen molar-refractivity contribution in [2.75, 3.05) is 20.8 Å². The number of rotatable bonds is 7. The van der Waals surface area contributed by atoms with E-state index >= 15 is 0 Å². The number of benzene rings is 2. The van der Waals surface area contributed by atoms with Crippen molar-refractivity contribution >= 4 is 28.1 Å². The fraction of sp³-hybridized carbons (Fsp3) is 0.176. The van der Waals surface area contributed by atoms with Gasteiger partial charge in [0.05, 0.1) is 20.4 Å². The first-order valence-corrected chi connectivity index (χ1v) is 7.84. The molecule has 7 heteroatoms. The number of para-hydroxylation sites is 1. The van der Waals surface area contributed by atoms with Gasteiger partial charge >= 0.3 is 0 Å². The van der Waals surface area contributed by atoms with Crippen molar-refractivity contribution in [1.29, 1.82) is 0 Å². The highest BCUT2D eigenvalue weighted by molar-refractivity contribution is 9.10. The average molecular weight is 393 g/mol. The zero-order chi connectivity index (χ0) is 17.4. The van der Waals surface area contributed by atoms with Gasteiger partial charge in [0, 0.05) is 10.0 Å². The van der Waals surface area contributed by atoms with Gasteiger partial charge in [-0.1, -0.05) is 28.1 Å². The summed E-state index contributed by atoms with van der Waals surface area (Å²) in [6.07, 6.45) is 1.51. The SMILES string of the molecule is COc1ccccc1C=NNC(=O)COc1ccc(Br)cc1OC. The average Bonchev–Trinajstić information content (AvgIpc) is 2.61. The number of hydrogen-bond donors (Lipinski definition) is 1. The maximum absolute atomic E-state index is 11.8. The van der Waals surface area contributed by atoms with Gasteiger partial charge in [0.1, 0.15) is 5.75 Å². The van der Waals surface area contributed by atoms with E-state index in [4.69, 9.17) is 14.2 Å². The molecule has 0 aliphatic carbocycles. The van der Waals surface area contributed by atoms with Gasteiger partial charge in [0.2, 0.25) is 0 Å². The molecule has 0 fully saturated rings. The first kappa shape index (κ1) is 17.8. The van der Waals surface area contributed by atoms with E-state index in [1.54, 1.807) is 25.3 Å². The van der Waals surface area contributed by atoms with E-state index in [2.05, 4.69) is 26.5 Å². The van der Waals surface area contributed by atoms with E-state index in [1.807, 2.05) is 24.3 Å². The topological polar surface area (TPSA) is 69.2 Å². The first-order chi connectivity index (χ1) is 11.6. The van der Waals surface area contributed by atoms with E-state index in [9.17, 15) is 4.79 Å². The number of ether oxygens (including phenoxy) is 3. The quantitative estimate of drug-likeness (QED) is 0.580. The van der Waals surface area contributed by atoms with Crippen LogP contribution in [0.2, 0.25) is 0 Å². The maximum atomic E-state index is 11.8. The van der Waals surface area contributed by atoms with E-state index in [0.29, 0.717) is 17.2 Å². The molecule has 0 aliphatic rings. The molecule has 0 aromatic heterocycles. The van der Waals surface area contributed by atoms with Crippen molar-refractivity contribution < 1.29 is 19.0 Å². The highest BCUT2D eigenvalue weighted by Gasteiger charge is 2.07. The predicted molar refractivity (Wildman–Crippen MR) is 94.9 cm³/mol. The van der Waals surface area contributed by atoms with E-state index in [-0.39, 0.29) is 12.5 Å². The number of carbonyl (C=O) groups is 1. The van der Waals surface area contributed by atoms with Gasteiger partial charge in [-0.3, -0.25) is 4.79 Å². The van der Waals surface area contributed by atoms with Crippen molar-refractivity contribution in [3.63, 3.8) is 0 Å². The van der Waals surface area contributed by atoms with Gasteiger partial charge in [-0.2, -0.15) is 5.10 Å². The summed E-state index contributed by atoms with van der Waals surface area (Å²) in [6, 6.07) is 12.6. The minimum atomic E-state index is -0.383. The van der Waals surface area contributed by atoms with Crippen LogP contribution in [0.1, 0.15) is 5.56 Å². The van der Waals surface area contributed by atoms with Crippen LogP contribution in [0, 0.1) is 0 Å². The Balaban J connectivity index is 1.89. The smallest absolute Gasteiger partial charge is 0.277 e. The van der Waals surface area contributed by atoms with Crippen molar-refractivity contribution in [3.05, 3.63) is 52.5 Å². The lowest BCUT2D eigenvalue weighted by molar-refractivity contribution is -0.123. The number of halogens is 1. The van der Waals surface area contributed by atoms with Gasteiger partial charge in [0.15, 0.2) is 18.1 Å². The Hall–Kier alpha value is -2.54. The number of methoxy groups -OCH3 is 2. The minimum absolute atomic E-state index is 0.179. The lowest BCUT2D eigenvalue weighted by Crippen LogP contribution is -2.24. The molecule has 0 aliphatic heterocycles. The number of nitrogens with one attached hydrogen (secondary N) is 1. The molecule has 0 unspecified atom stereocenters. The molecule has 2 rings (SSSR count). The van der Waals surface area contributed by atoms with Gasteiger partial charge < -0.3 is 14.2 Å². The van der Waals surface area contributed by atoms with Crippen molar-refractivity contribution in [3.8, 4) is 17.2 Å². The van der Waals surface area contributed by atoms with Crippen LogP contribution in [0.15, 0.2) is 52.0 Å². The molecule has 2 aromatic carbocycles. The summed E-state index contributed by atoms with van der Waals surface area (Å²) in [6.45, 7) is -0.179. The van der Waals surface area contributed by atoms with E-state index in [1.165, 1.54) is 13.3 Å². The van der Waals surface area contributed by atoms with Crippen LogP contribution in [0.4, 0.5) is 0 Å². The molecule has 126 valence electrons. The fourth-order valence-corrected chi connectivity index (χ4v) is 2.22. The zero-order valence-corrected chi connectivity index (χ0v) is 14.9. The molecule has 0 radical (unpaired) electrons. The van der Waals surface area contributed by atoms with Crippen LogP contribution < -0.4 is 19.6 Å². The van der Waals surface area contributed by atoms with Crippen molar-refractivity contribution in [2.45, 2.75) is 0 Å². The summed E-state index contributed by atoms with van der Waals surface area (Å²) >= 11 is 3.34. The van der Waals surface area contributed by atoms with Crippen LogP contribution in [0.25, 0.3) is 0 Å². The summed E-state index contributed by atoms with van der Waals surface area (Å²) in [7, 11) is 3.11. The number of nitrogens with zero attached hydrogens (tertiary/aromatic N) is 1. The number of carbonyl (C=O) groups excluding carboxylic acids is 1. The second kappa shape index (κ2) is 8.93. The molecule has 0 saturated heterocycles. The standard InChI is InChI=1S/C17H17BrN2O4/c1-22-14-6-4-3-5-12(14)10-19-20-17(21)11-24-15-8-7-13(18)9-16(15)23-2/h3-10H,11H2,1-2H3,(H,20,21). The molecular weight excluding hydrogens is 376 g/mol. The second-order valence-corrected chi connectivity index (χ2v) is 5.53. The summed E-state index contributed by atoms with van der Waals surface area (Å²) in [4.78, 5) is 11.8. The number of hydrogen-bond acceptors (Lipinski definition) is 5. The largest absolute Gasteiger partial charge is 0.496 e. The summed E-state index contributed by atoms with van der Waals surface area (Å²) in [5.74, 6) is 1.30.